The van der Waals surface area contributed by atoms with E-state index in [1.165, 1.54) is 6.42 Å². The van der Waals surface area contributed by atoms with Crippen molar-refractivity contribution in [2.75, 3.05) is 20.2 Å². The van der Waals surface area contributed by atoms with Gasteiger partial charge in [-0.25, -0.2) is 0 Å². The number of ether oxygens (including phenoxy) is 1. The van der Waals surface area contributed by atoms with Crippen LogP contribution in [-0.2, 0) is 0 Å². The van der Waals surface area contributed by atoms with Gasteiger partial charge in [0.25, 0.3) is 0 Å². The standard InChI is InChI=1S/C12H19N3O/c1-9(2)15-7-6-10(8-15)11-4-5-12(16-3)14-13-11/h4-5,9-10H,6-8H2,1-3H3. The lowest BCUT2D eigenvalue weighted by atomic mass is 10.1. The molecule has 1 unspecified atom stereocenters. The van der Waals surface area contributed by atoms with Crippen molar-refractivity contribution in [3.05, 3.63) is 17.8 Å². The minimum Gasteiger partial charge on any atom is -0.480 e. The molecular formula is C12H19N3O. The van der Waals surface area contributed by atoms with Crippen LogP contribution in [0.25, 0.3) is 0 Å². The van der Waals surface area contributed by atoms with E-state index in [4.69, 9.17) is 4.74 Å². The summed E-state index contributed by atoms with van der Waals surface area (Å²) in [4.78, 5) is 2.48. The van der Waals surface area contributed by atoms with Crippen molar-refractivity contribution in [2.24, 2.45) is 0 Å². The molecule has 1 aromatic rings. The summed E-state index contributed by atoms with van der Waals surface area (Å²) >= 11 is 0. The quantitative estimate of drug-likeness (QED) is 0.778. The zero-order valence-electron chi connectivity index (χ0n) is 10.2. The lowest BCUT2D eigenvalue weighted by Gasteiger charge is -2.19. The van der Waals surface area contributed by atoms with Crippen molar-refractivity contribution < 1.29 is 4.74 Å². The minimum atomic E-state index is 0.529. The molecule has 0 spiro atoms. The number of hydrogen-bond acceptors (Lipinski definition) is 4. The Hall–Kier alpha value is -1.16. The molecule has 1 atom stereocenters. The van der Waals surface area contributed by atoms with Gasteiger partial charge in [-0.1, -0.05) is 0 Å². The maximum Gasteiger partial charge on any atom is 0.233 e. The molecule has 4 heteroatoms. The third-order valence-electron chi connectivity index (χ3n) is 3.24. The Labute approximate surface area is 96.6 Å². The first-order valence-corrected chi connectivity index (χ1v) is 5.82. The molecule has 0 N–H and O–H groups in total. The van der Waals surface area contributed by atoms with Gasteiger partial charge in [-0.05, 0) is 32.9 Å². The van der Waals surface area contributed by atoms with Crippen LogP contribution in [0.2, 0.25) is 0 Å². The first-order valence-electron chi connectivity index (χ1n) is 5.82. The predicted octanol–water partition coefficient (Wildman–Crippen LogP) is 1.68. The van der Waals surface area contributed by atoms with Crippen molar-refractivity contribution in [3.63, 3.8) is 0 Å². The van der Waals surface area contributed by atoms with Gasteiger partial charge in [-0.2, -0.15) is 5.10 Å². The third-order valence-corrected chi connectivity index (χ3v) is 3.24. The van der Waals surface area contributed by atoms with Crippen LogP contribution in [-0.4, -0.2) is 41.3 Å². The van der Waals surface area contributed by atoms with Gasteiger partial charge >= 0.3 is 0 Å². The summed E-state index contributed by atoms with van der Waals surface area (Å²) in [5, 5.41) is 8.24. The topological polar surface area (TPSA) is 38.2 Å². The van der Waals surface area contributed by atoms with E-state index < -0.39 is 0 Å². The Kier molecular flexibility index (Phi) is 3.39. The zero-order valence-corrected chi connectivity index (χ0v) is 10.2. The van der Waals surface area contributed by atoms with Gasteiger partial charge in [-0.3, -0.25) is 0 Å². The molecule has 0 amide bonds. The van der Waals surface area contributed by atoms with Crippen LogP contribution in [0.3, 0.4) is 0 Å². The lowest BCUT2D eigenvalue weighted by Crippen LogP contribution is -2.28. The number of aromatic nitrogens is 2. The molecule has 0 saturated carbocycles. The van der Waals surface area contributed by atoms with E-state index in [-0.39, 0.29) is 0 Å². The fourth-order valence-electron chi connectivity index (χ4n) is 2.15. The van der Waals surface area contributed by atoms with Gasteiger partial charge in [0.1, 0.15) is 0 Å². The molecule has 4 nitrogen and oxygen atoms in total. The molecule has 16 heavy (non-hydrogen) atoms. The average molecular weight is 221 g/mol. The summed E-state index contributed by atoms with van der Waals surface area (Å²) in [6.45, 7) is 6.73. The number of likely N-dealkylation sites (tertiary alicyclic amines) is 1. The smallest absolute Gasteiger partial charge is 0.233 e. The molecule has 0 aromatic carbocycles. The van der Waals surface area contributed by atoms with Crippen LogP contribution in [0.5, 0.6) is 5.88 Å². The van der Waals surface area contributed by atoms with E-state index in [2.05, 4.69) is 28.9 Å². The van der Waals surface area contributed by atoms with Gasteiger partial charge in [0.15, 0.2) is 0 Å². The molecule has 1 saturated heterocycles. The molecule has 88 valence electrons. The van der Waals surface area contributed by atoms with Crippen LogP contribution in [0, 0.1) is 0 Å². The highest BCUT2D eigenvalue weighted by atomic mass is 16.5. The summed E-state index contributed by atoms with van der Waals surface area (Å²) in [6, 6.07) is 4.54. The van der Waals surface area contributed by atoms with E-state index in [0.29, 0.717) is 17.8 Å². The highest BCUT2D eigenvalue weighted by Crippen LogP contribution is 2.26. The van der Waals surface area contributed by atoms with Crippen molar-refractivity contribution in [1.29, 1.82) is 0 Å². The highest BCUT2D eigenvalue weighted by Gasteiger charge is 2.26. The fraction of sp³-hybridized carbons (Fsp3) is 0.667. The Morgan fingerprint density at radius 1 is 1.38 bits per heavy atom. The molecule has 0 aliphatic carbocycles. The summed E-state index contributed by atoms with van der Waals surface area (Å²) in [5.74, 6) is 1.11. The van der Waals surface area contributed by atoms with Gasteiger partial charge in [-0.15, -0.1) is 5.10 Å². The zero-order chi connectivity index (χ0) is 11.5. The Morgan fingerprint density at radius 3 is 2.69 bits per heavy atom. The summed E-state index contributed by atoms with van der Waals surface area (Å²) in [7, 11) is 1.61. The molecule has 2 heterocycles. The summed E-state index contributed by atoms with van der Waals surface area (Å²) < 4.78 is 5.01. The SMILES string of the molecule is COc1ccc(C2CCN(C(C)C)C2)nn1. The minimum absolute atomic E-state index is 0.529. The Morgan fingerprint density at radius 2 is 2.19 bits per heavy atom. The molecular weight excluding hydrogens is 202 g/mol. The fourth-order valence-corrected chi connectivity index (χ4v) is 2.15. The van der Waals surface area contributed by atoms with Crippen molar-refractivity contribution in [3.8, 4) is 5.88 Å². The molecule has 2 rings (SSSR count). The van der Waals surface area contributed by atoms with Crippen LogP contribution in [0.15, 0.2) is 12.1 Å². The van der Waals surface area contributed by atoms with Crippen LogP contribution in [0.4, 0.5) is 0 Å². The summed E-state index contributed by atoms with van der Waals surface area (Å²) in [6.07, 6.45) is 1.18. The van der Waals surface area contributed by atoms with E-state index in [9.17, 15) is 0 Å². The number of nitrogens with zero attached hydrogens (tertiary/aromatic N) is 3. The van der Waals surface area contributed by atoms with Crippen molar-refractivity contribution in [1.82, 2.24) is 15.1 Å². The number of hydrogen-bond donors (Lipinski definition) is 0. The van der Waals surface area contributed by atoms with E-state index >= 15 is 0 Å². The predicted molar refractivity (Wildman–Crippen MR) is 62.7 cm³/mol. The Bertz CT molecular complexity index is 337. The van der Waals surface area contributed by atoms with E-state index in [0.717, 1.165) is 18.8 Å². The monoisotopic (exact) mass is 221 g/mol. The maximum absolute atomic E-state index is 5.01. The lowest BCUT2D eigenvalue weighted by molar-refractivity contribution is 0.272. The molecule has 0 radical (unpaired) electrons. The second kappa shape index (κ2) is 4.78. The van der Waals surface area contributed by atoms with E-state index in [1.807, 2.05) is 12.1 Å². The van der Waals surface area contributed by atoms with Crippen molar-refractivity contribution in [2.45, 2.75) is 32.2 Å². The van der Waals surface area contributed by atoms with Crippen molar-refractivity contribution >= 4 is 0 Å². The normalized spacial score (nSPS) is 21.6. The van der Waals surface area contributed by atoms with Gasteiger partial charge in [0.2, 0.25) is 5.88 Å². The summed E-state index contributed by atoms with van der Waals surface area (Å²) in [5.41, 5.74) is 1.09. The van der Waals surface area contributed by atoms with Gasteiger partial charge in [0, 0.05) is 24.6 Å². The first-order chi connectivity index (χ1) is 7.70. The third kappa shape index (κ3) is 2.32. The second-order valence-electron chi connectivity index (χ2n) is 4.57. The van der Waals surface area contributed by atoms with Crippen LogP contribution in [0.1, 0.15) is 31.9 Å². The van der Waals surface area contributed by atoms with E-state index in [1.54, 1.807) is 7.11 Å². The van der Waals surface area contributed by atoms with Gasteiger partial charge in [0.05, 0.1) is 12.8 Å². The second-order valence-corrected chi connectivity index (χ2v) is 4.57. The largest absolute Gasteiger partial charge is 0.480 e. The van der Waals surface area contributed by atoms with Crippen LogP contribution >= 0.6 is 0 Å². The average Bonchev–Trinajstić information content (AvgIpc) is 2.78. The molecule has 1 aliphatic rings. The Balaban J connectivity index is 2.03. The number of methoxy groups -OCH3 is 1. The highest BCUT2D eigenvalue weighted by molar-refractivity contribution is 5.16. The number of rotatable bonds is 3. The molecule has 0 bridgehead atoms. The first kappa shape index (κ1) is 11.3. The molecule has 1 fully saturated rings. The van der Waals surface area contributed by atoms with Gasteiger partial charge < -0.3 is 9.64 Å². The molecule has 1 aromatic heterocycles. The molecule has 1 aliphatic heterocycles. The van der Waals surface area contributed by atoms with Crippen LogP contribution < -0.4 is 4.74 Å². The maximum atomic E-state index is 5.01.